The van der Waals surface area contributed by atoms with Gasteiger partial charge in [0.25, 0.3) is 11.8 Å². The molecule has 3 aromatic rings. The van der Waals surface area contributed by atoms with Gasteiger partial charge in [0.05, 0.1) is 11.4 Å². The van der Waals surface area contributed by atoms with Gasteiger partial charge < -0.3 is 19.9 Å². The minimum absolute atomic E-state index is 0.0564. The predicted molar refractivity (Wildman–Crippen MR) is 140 cm³/mol. The van der Waals surface area contributed by atoms with E-state index in [1.807, 2.05) is 72.5 Å². The number of amides is 2. The van der Waals surface area contributed by atoms with Crippen molar-refractivity contribution < 1.29 is 14.3 Å². The smallest absolute Gasteiger partial charge is 0.262 e. The highest BCUT2D eigenvalue weighted by atomic mass is 16.5. The molecule has 6 nitrogen and oxygen atoms in total. The van der Waals surface area contributed by atoms with Crippen LogP contribution >= 0.6 is 0 Å². The molecule has 0 unspecified atom stereocenters. The van der Waals surface area contributed by atoms with Crippen molar-refractivity contribution in [3.05, 3.63) is 89.5 Å². The first-order chi connectivity index (χ1) is 16.9. The number of anilines is 2. The predicted octanol–water partition coefficient (Wildman–Crippen LogP) is 5.10. The number of aryl methyl sites for hydroxylation is 1. The molecule has 1 aliphatic heterocycles. The molecule has 6 heteroatoms. The minimum Gasteiger partial charge on any atom is -0.483 e. The molecular weight excluding hydrogens is 438 g/mol. The molecule has 1 fully saturated rings. The maximum atomic E-state index is 12.8. The third kappa shape index (κ3) is 6.01. The summed E-state index contributed by atoms with van der Waals surface area (Å²) in [5.41, 5.74) is 4.60. The number of benzene rings is 3. The SMILES string of the molecule is Cc1ccc(C(C)C)c(OCC(=O)Nc2ccccc2N2CCN(C(=O)c3ccccc3)CC2)c1. The largest absolute Gasteiger partial charge is 0.483 e. The summed E-state index contributed by atoms with van der Waals surface area (Å²) < 4.78 is 5.91. The number of piperazine rings is 1. The lowest BCUT2D eigenvalue weighted by Gasteiger charge is -2.37. The first kappa shape index (κ1) is 24.3. The molecule has 0 bridgehead atoms. The van der Waals surface area contributed by atoms with Crippen LogP contribution in [0.4, 0.5) is 11.4 Å². The molecule has 3 aromatic carbocycles. The molecule has 4 rings (SSSR count). The summed E-state index contributed by atoms with van der Waals surface area (Å²) in [6.07, 6.45) is 0. The number of hydrogen-bond donors (Lipinski definition) is 1. The van der Waals surface area contributed by atoms with E-state index in [9.17, 15) is 9.59 Å². The molecule has 2 amide bonds. The van der Waals surface area contributed by atoms with E-state index in [4.69, 9.17) is 4.74 Å². The molecular formula is C29H33N3O3. The molecule has 0 radical (unpaired) electrons. The summed E-state index contributed by atoms with van der Waals surface area (Å²) in [6.45, 7) is 8.83. The molecule has 0 aliphatic carbocycles. The maximum Gasteiger partial charge on any atom is 0.262 e. The van der Waals surface area contributed by atoms with Crippen LogP contribution in [0.25, 0.3) is 0 Å². The van der Waals surface area contributed by atoms with E-state index in [-0.39, 0.29) is 18.4 Å². The Hall–Kier alpha value is -3.80. The minimum atomic E-state index is -0.202. The van der Waals surface area contributed by atoms with Gasteiger partial charge in [-0.25, -0.2) is 0 Å². The molecule has 1 N–H and O–H groups in total. The number of nitrogens with one attached hydrogen (secondary N) is 1. The fourth-order valence-corrected chi connectivity index (χ4v) is 4.34. The van der Waals surface area contributed by atoms with Gasteiger partial charge in [-0.3, -0.25) is 9.59 Å². The van der Waals surface area contributed by atoms with E-state index >= 15 is 0 Å². The monoisotopic (exact) mass is 471 g/mol. The van der Waals surface area contributed by atoms with Gasteiger partial charge in [0, 0.05) is 31.7 Å². The van der Waals surface area contributed by atoms with Crippen molar-refractivity contribution in [3.63, 3.8) is 0 Å². The van der Waals surface area contributed by atoms with Gasteiger partial charge in [-0.05, 0) is 54.3 Å². The van der Waals surface area contributed by atoms with Gasteiger partial charge in [0.15, 0.2) is 6.61 Å². The number of ether oxygens (including phenoxy) is 1. The molecule has 0 saturated carbocycles. The molecule has 35 heavy (non-hydrogen) atoms. The summed E-state index contributed by atoms with van der Waals surface area (Å²) >= 11 is 0. The zero-order valence-electron chi connectivity index (χ0n) is 20.7. The Morgan fingerprint density at radius 3 is 2.31 bits per heavy atom. The van der Waals surface area contributed by atoms with E-state index in [1.165, 1.54) is 0 Å². The molecule has 1 heterocycles. The lowest BCUT2D eigenvalue weighted by molar-refractivity contribution is -0.118. The lowest BCUT2D eigenvalue weighted by Crippen LogP contribution is -2.49. The third-order valence-corrected chi connectivity index (χ3v) is 6.26. The van der Waals surface area contributed by atoms with Crippen LogP contribution in [0, 0.1) is 6.92 Å². The van der Waals surface area contributed by atoms with E-state index in [1.54, 1.807) is 0 Å². The molecule has 1 saturated heterocycles. The number of hydrogen-bond acceptors (Lipinski definition) is 4. The van der Waals surface area contributed by atoms with E-state index in [0.29, 0.717) is 37.7 Å². The number of para-hydroxylation sites is 2. The van der Waals surface area contributed by atoms with Crippen molar-refractivity contribution in [1.82, 2.24) is 4.90 Å². The topological polar surface area (TPSA) is 61.9 Å². The fraction of sp³-hybridized carbons (Fsp3) is 0.310. The lowest BCUT2D eigenvalue weighted by atomic mass is 10.0. The first-order valence-corrected chi connectivity index (χ1v) is 12.1. The van der Waals surface area contributed by atoms with Crippen molar-refractivity contribution in [2.45, 2.75) is 26.7 Å². The van der Waals surface area contributed by atoms with Crippen molar-refractivity contribution in [3.8, 4) is 5.75 Å². The van der Waals surface area contributed by atoms with Crippen molar-refractivity contribution in [2.24, 2.45) is 0 Å². The number of carbonyl (C=O) groups is 2. The average molecular weight is 472 g/mol. The second kappa shape index (κ2) is 11.1. The highest BCUT2D eigenvalue weighted by Gasteiger charge is 2.23. The summed E-state index contributed by atoms with van der Waals surface area (Å²) in [4.78, 5) is 29.6. The highest BCUT2D eigenvalue weighted by Crippen LogP contribution is 2.29. The van der Waals surface area contributed by atoms with Gasteiger partial charge in [-0.1, -0.05) is 56.3 Å². The second-order valence-electron chi connectivity index (χ2n) is 9.20. The fourth-order valence-electron chi connectivity index (χ4n) is 4.34. The Morgan fingerprint density at radius 1 is 0.914 bits per heavy atom. The average Bonchev–Trinajstić information content (AvgIpc) is 2.88. The third-order valence-electron chi connectivity index (χ3n) is 6.26. The maximum absolute atomic E-state index is 12.8. The number of rotatable bonds is 7. The molecule has 0 aromatic heterocycles. The van der Waals surface area contributed by atoms with E-state index in [2.05, 4.69) is 36.2 Å². The Morgan fingerprint density at radius 2 is 1.60 bits per heavy atom. The quantitative estimate of drug-likeness (QED) is 0.521. The van der Waals surface area contributed by atoms with Crippen LogP contribution < -0.4 is 15.0 Å². The van der Waals surface area contributed by atoms with Gasteiger partial charge in [-0.15, -0.1) is 0 Å². The summed E-state index contributed by atoms with van der Waals surface area (Å²) in [7, 11) is 0. The summed E-state index contributed by atoms with van der Waals surface area (Å²) in [6, 6.07) is 23.3. The Labute approximate surface area is 207 Å². The zero-order valence-corrected chi connectivity index (χ0v) is 20.7. The normalized spacial score (nSPS) is 13.6. The van der Waals surface area contributed by atoms with Gasteiger partial charge in [0.2, 0.25) is 0 Å². The number of carbonyl (C=O) groups excluding carboxylic acids is 2. The standard InChI is InChI=1S/C29H33N3O3/c1-21(2)24-14-13-22(3)19-27(24)35-20-28(33)30-25-11-7-8-12-26(25)31-15-17-32(18-16-31)29(34)23-9-5-4-6-10-23/h4-14,19,21H,15-18,20H2,1-3H3,(H,30,33). The molecule has 182 valence electrons. The van der Waals surface area contributed by atoms with Crippen LogP contribution in [0.5, 0.6) is 5.75 Å². The Balaban J connectivity index is 1.37. The molecule has 0 atom stereocenters. The Bertz CT molecular complexity index is 1170. The van der Waals surface area contributed by atoms with Crippen LogP contribution in [0.1, 0.15) is 41.3 Å². The van der Waals surface area contributed by atoms with Crippen LogP contribution in [-0.2, 0) is 4.79 Å². The molecule has 0 spiro atoms. The number of nitrogens with zero attached hydrogens (tertiary/aromatic N) is 2. The summed E-state index contributed by atoms with van der Waals surface area (Å²) in [5.74, 6) is 0.914. The van der Waals surface area contributed by atoms with Crippen LogP contribution in [0.15, 0.2) is 72.8 Å². The van der Waals surface area contributed by atoms with Crippen LogP contribution in [-0.4, -0.2) is 49.5 Å². The second-order valence-corrected chi connectivity index (χ2v) is 9.20. The highest BCUT2D eigenvalue weighted by molar-refractivity contribution is 5.96. The van der Waals surface area contributed by atoms with Gasteiger partial charge in [0.1, 0.15) is 5.75 Å². The van der Waals surface area contributed by atoms with Crippen LogP contribution in [0.2, 0.25) is 0 Å². The van der Waals surface area contributed by atoms with Crippen molar-refractivity contribution >= 4 is 23.2 Å². The Kier molecular flexibility index (Phi) is 7.70. The van der Waals surface area contributed by atoms with E-state index in [0.717, 1.165) is 28.3 Å². The van der Waals surface area contributed by atoms with Crippen LogP contribution in [0.3, 0.4) is 0 Å². The van der Waals surface area contributed by atoms with Crippen molar-refractivity contribution in [2.75, 3.05) is 43.0 Å². The first-order valence-electron chi connectivity index (χ1n) is 12.1. The van der Waals surface area contributed by atoms with Crippen molar-refractivity contribution in [1.29, 1.82) is 0 Å². The molecule has 1 aliphatic rings. The summed E-state index contributed by atoms with van der Waals surface area (Å²) in [5, 5.41) is 3.02. The van der Waals surface area contributed by atoms with Gasteiger partial charge >= 0.3 is 0 Å². The van der Waals surface area contributed by atoms with E-state index < -0.39 is 0 Å². The van der Waals surface area contributed by atoms with Gasteiger partial charge in [-0.2, -0.15) is 0 Å². The zero-order chi connectivity index (χ0) is 24.8.